The van der Waals surface area contributed by atoms with Crippen LogP contribution in [-0.2, 0) is 6.18 Å². The van der Waals surface area contributed by atoms with E-state index in [4.69, 9.17) is 11.6 Å². The van der Waals surface area contributed by atoms with Crippen molar-refractivity contribution in [1.82, 2.24) is 14.4 Å². The lowest BCUT2D eigenvalue weighted by molar-refractivity contribution is -0.137. The first kappa shape index (κ1) is 15.8. The Morgan fingerprint density at radius 1 is 1.35 bits per heavy atom. The highest BCUT2D eigenvalue weighted by Crippen LogP contribution is 2.36. The predicted molar refractivity (Wildman–Crippen MR) is 79.1 cm³/mol. The first-order valence-corrected chi connectivity index (χ1v) is 7.04. The smallest absolute Gasteiger partial charge is 0.387 e. The maximum Gasteiger partial charge on any atom is 0.417 e. The summed E-state index contributed by atoms with van der Waals surface area (Å²) in [5.41, 5.74) is 0.383. The summed E-state index contributed by atoms with van der Waals surface area (Å²) in [5.74, 6) is 0. The molecule has 3 aromatic rings. The van der Waals surface area contributed by atoms with E-state index in [1.165, 1.54) is 17.5 Å². The van der Waals surface area contributed by atoms with Gasteiger partial charge in [-0.2, -0.15) is 13.2 Å². The minimum absolute atomic E-state index is 0.142. The zero-order chi connectivity index (χ0) is 16.8. The van der Waals surface area contributed by atoms with Crippen LogP contribution in [0.25, 0.3) is 16.9 Å². The molecule has 0 aliphatic carbocycles. The number of nitrogens with zero attached hydrogens (tertiary/aromatic N) is 3. The Hall–Kier alpha value is -2.12. The van der Waals surface area contributed by atoms with Gasteiger partial charge in [-0.3, -0.25) is 9.38 Å². The third-order valence-electron chi connectivity index (χ3n) is 3.37. The largest absolute Gasteiger partial charge is 0.417 e. The van der Waals surface area contributed by atoms with Crippen molar-refractivity contribution in [2.75, 3.05) is 0 Å². The standard InChI is InChI=1S/C15H11ClF3N3O/c1-8(23)13-12(9-3-2-4-20-6-9)21-14-11(16)5-10(7-22(13)14)15(17,18)19/h2-8,23H,1H3. The van der Waals surface area contributed by atoms with Gasteiger partial charge in [0.2, 0.25) is 0 Å². The molecule has 8 heteroatoms. The molecule has 0 aliphatic heterocycles. The van der Waals surface area contributed by atoms with E-state index < -0.39 is 17.8 Å². The number of pyridine rings is 2. The van der Waals surface area contributed by atoms with Gasteiger partial charge in [0.25, 0.3) is 0 Å². The van der Waals surface area contributed by atoms with E-state index in [-0.39, 0.29) is 16.4 Å². The SMILES string of the molecule is CC(O)c1c(-c2cccnc2)nc2c(Cl)cc(C(F)(F)F)cn12. The summed E-state index contributed by atoms with van der Waals surface area (Å²) in [6.45, 7) is 1.46. The van der Waals surface area contributed by atoms with Crippen LogP contribution in [0.1, 0.15) is 24.3 Å². The van der Waals surface area contributed by atoms with Gasteiger partial charge in [0, 0.05) is 24.2 Å². The highest BCUT2D eigenvalue weighted by atomic mass is 35.5. The van der Waals surface area contributed by atoms with Gasteiger partial charge in [0.15, 0.2) is 5.65 Å². The molecule has 0 aromatic carbocycles. The highest BCUT2D eigenvalue weighted by Gasteiger charge is 2.33. The fraction of sp³-hybridized carbons (Fsp3) is 0.200. The molecule has 3 heterocycles. The quantitative estimate of drug-likeness (QED) is 0.762. The molecule has 4 nitrogen and oxygen atoms in total. The third-order valence-corrected chi connectivity index (χ3v) is 3.65. The van der Waals surface area contributed by atoms with Gasteiger partial charge < -0.3 is 5.11 Å². The summed E-state index contributed by atoms with van der Waals surface area (Å²) in [4.78, 5) is 8.26. The van der Waals surface area contributed by atoms with Crippen LogP contribution < -0.4 is 0 Å². The van der Waals surface area contributed by atoms with Crippen molar-refractivity contribution in [2.24, 2.45) is 0 Å². The third kappa shape index (κ3) is 2.77. The monoisotopic (exact) mass is 341 g/mol. The molecule has 0 fully saturated rings. The molecule has 0 aliphatic rings. The van der Waals surface area contributed by atoms with Crippen molar-refractivity contribution in [3.05, 3.63) is 53.1 Å². The first-order chi connectivity index (χ1) is 10.8. The number of aromatic nitrogens is 3. The number of halogens is 4. The molecule has 120 valence electrons. The molecule has 0 amide bonds. The van der Waals surface area contributed by atoms with Crippen LogP contribution in [0, 0.1) is 0 Å². The number of fused-ring (bicyclic) bond motifs is 1. The van der Waals surface area contributed by atoms with Gasteiger partial charge in [-0.25, -0.2) is 4.98 Å². The number of rotatable bonds is 2. The minimum atomic E-state index is -4.55. The van der Waals surface area contributed by atoms with Gasteiger partial charge in [0.05, 0.1) is 28.1 Å². The average Bonchev–Trinajstić information content (AvgIpc) is 2.87. The number of hydrogen-bond acceptors (Lipinski definition) is 3. The molecule has 1 atom stereocenters. The normalized spacial score (nSPS) is 13.5. The molecule has 1 unspecified atom stereocenters. The van der Waals surface area contributed by atoms with Crippen LogP contribution >= 0.6 is 11.6 Å². The zero-order valence-electron chi connectivity index (χ0n) is 11.8. The topological polar surface area (TPSA) is 50.4 Å². The summed E-state index contributed by atoms with van der Waals surface area (Å²) >= 11 is 5.97. The Morgan fingerprint density at radius 2 is 2.09 bits per heavy atom. The molecule has 0 saturated heterocycles. The lowest BCUT2D eigenvalue weighted by Gasteiger charge is -2.11. The number of aliphatic hydroxyl groups excluding tert-OH is 1. The van der Waals surface area contributed by atoms with E-state index in [1.807, 2.05) is 0 Å². The molecule has 0 spiro atoms. The molecular formula is C15H11ClF3N3O. The fourth-order valence-electron chi connectivity index (χ4n) is 2.39. The van der Waals surface area contributed by atoms with Gasteiger partial charge in [-0.1, -0.05) is 11.6 Å². The van der Waals surface area contributed by atoms with Gasteiger partial charge in [-0.05, 0) is 25.1 Å². The van der Waals surface area contributed by atoms with Crippen LogP contribution in [0.5, 0.6) is 0 Å². The summed E-state index contributed by atoms with van der Waals surface area (Å²) in [6, 6.07) is 4.20. The van der Waals surface area contributed by atoms with Crippen molar-refractivity contribution in [2.45, 2.75) is 19.2 Å². The second-order valence-electron chi connectivity index (χ2n) is 5.03. The van der Waals surface area contributed by atoms with E-state index in [9.17, 15) is 18.3 Å². The van der Waals surface area contributed by atoms with Crippen molar-refractivity contribution in [3.8, 4) is 11.3 Å². The molecule has 3 aromatic heterocycles. The van der Waals surface area contributed by atoms with Gasteiger partial charge in [-0.15, -0.1) is 0 Å². The van der Waals surface area contributed by atoms with E-state index >= 15 is 0 Å². The van der Waals surface area contributed by atoms with E-state index in [0.717, 1.165) is 12.3 Å². The average molecular weight is 342 g/mol. The van der Waals surface area contributed by atoms with Crippen LogP contribution in [0.15, 0.2) is 36.8 Å². The van der Waals surface area contributed by atoms with Crippen molar-refractivity contribution >= 4 is 17.2 Å². The van der Waals surface area contributed by atoms with Gasteiger partial charge >= 0.3 is 6.18 Å². The van der Waals surface area contributed by atoms with Gasteiger partial charge in [0.1, 0.15) is 0 Å². The summed E-state index contributed by atoms with van der Waals surface area (Å²) in [6.07, 6.45) is -1.62. The van der Waals surface area contributed by atoms with E-state index in [2.05, 4.69) is 9.97 Å². The summed E-state index contributed by atoms with van der Waals surface area (Å²) in [7, 11) is 0. The molecule has 3 rings (SSSR count). The maximum atomic E-state index is 13.0. The number of hydrogen-bond donors (Lipinski definition) is 1. The second kappa shape index (κ2) is 5.50. The number of imidazole rings is 1. The molecule has 23 heavy (non-hydrogen) atoms. The first-order valence-electron chi connectivity index (χ1n) is 6.66. The molecule has 0 saturated carbocycles. The predicted octanol–water partition coefficient (Wildman–Crippen LogP) is 4.12. The molecule has 1 N–H and O–H groups in total. The van der Waals surface area contributed by atoms with Crippen LogP contribution in [0.2, 0.25) is 5.02 Å². The highest BCUT2D eigenvalue weighted by molar-refractivity contribution is 6.33. The van der Waals surface area contributed by atoms with Crippen molar-refractivity contribution in [1.29, 1.82) is 0 Å². The Kier molecular flexibility index (Phi) is 3.77. The van der Waals surface area contributed by atoms with Crippen LogP contribution in [0.3, 0.4) is 0 Å². The maximum absolute atomic E-state index is 13.0. The van der Waals surface area contributed by atoms with E-state index in [0.29, 0.717) is 11.3 Å². The van der Waals surface area contributed by atoms with Crippen molar-refractivity contribution < 1.29 is 18.3 Å². The lowest BCUT2D eigenvalue weighted by atomic mass is 10.1. The number of aliphatic hydroxyl groups is 1. The Bertz CT molecular complexity index is 860. The zero-order valence-corrected chi connectivity index (χ0v) is 12.6. The molecule has 0 radical (unpaired) electrons. The Morgan fingerprint density at radius 3 is 2.65 bits per heavy atom. The second-order valence-corrected chi connectivity index (χ2v) is 5.44. The van der Waals surface area contributed by atoms with Crippen molar-refractivity contribution in [3.63, 3.8) is 0 Å². The Balaban J connectivity index is 2.36. The molecule has 0 bridgehead atoms. The summed E-state index contributed by atoms with van der Waals surface area (Å²) < 4.78 is 40.2. The number of alkyl halides is 3. The molecular weight excluding hydrogens is 331 g/mol. The Labute approximate surface area is 134 Å². The van der Waals surface area contributed by atoms with E-state index in [1.54, 1.807) is 18.3 Å². The van der Waals surface area contributed by atoms with Crippen LogP contribution in [-0.4, -0.2) is 19.5 Å². The lowest BCUT2D eigenvalue weighted by Crippen LogP contribution is -2.08. The minimum Gasteiger partial charge on any atom is -0.387 e. The summed E-state index contributed by atoms with van der Waals surface area (Å²) in [5, 5.41) is 9.89. The fourth-order valence-corrected chi connectivity index (χ4v) is 2.64. The van der Waals surface area contributed by atoms with Crippen LogP contribution in [0.4, 0.5) is 13.2 Å².